The zero-order valence-corrected chi connectivity index (χ0v) is 19.0. The van der Waals surface area contributed by atoms with Crippen LogP contribution in [0.5, 0.6) is 5.75 Å². The predicted molar refractivity (Wildman–Crippen MR) is 130 cm³/mol. The van der Waals surface area contributed by atoms with Crippen LogP contribution in [0, 0.1) is 0 Å². The van der Waals surface area contributed by atoms with Gasteiger partial charge in [0.05, 0.1) is 18.4 Å². The third kappa shape index (κ3) is 4.18. The van der Waals surface area contributed by atoms with Crippen molar-refractivity contribution in [2.45, 2.75) is 25.8 Å². The maximum absolute atomic E-state index is 13.3. The summed E-state index contributed by atoms with van der Waals surface area (Å²) >= 11 is 0. The second kappa shape index (κ2) is 9.24. The monoisotopic (exact) mass is 443 g/mol. The number of fused-ring (bicyclic) bond motifs is 2. The minimum Gasteiger partial charge on any atom is -0.496 e. The first kappa shape index (κ1) is 21.5. The Balaban J connectivity index is 1.36. The van der Waals surface area contributed by atoms with Crippen molar-refractivity contribution in [1.82, 2.24) is 9.80 Å². The number of hydrogen-bond acceptors (Lipinski definition) is 4. The lowest BCUT2D eigenvalue weighted by Crippen LogP contribution is -2.38. The smallest absolute Gasteiger partial charge is 0.256 e. The van der Waals surface area contributed by atoms with Gasteiger partial charge in [0, 0.05) is 30.6 Å². The number of carbonyl (C=O) groups is 2. The van der Waals surface area contributed by atoms with Crippen LogP contribution < -0.4 is 10.1 Å². The highest BCUT2D eigenvalue weighted by Gasteiger charge is 2.30. The summed E-state index contributed by atoms with van der Waals surface area (Å²) in [4.78, 5) is 30.9. The number of methoxy groups -OCH3 is 1. The van der Waals surface area contributed by atoms with Crippen molar-refractivity contribution < 1.29 is 14.3 Å². The van der Waals surface area contributed by atoms with Gasteiger partial charge in [-0.2, -0.15) is 0 Å². The lowest BCUT2D eigenvalue weighted by atomic mass is 10.0. The third-order valence-electron chi connectivity index (χ3n) is 6.74. The van der Waals surface area contributed by atoms with Gasteiger partial charge in [-0.25, -0.2) is 0 Å². The summed E-state index contributed by atoms with van der Waals surface area (Å²) in [6.45, 7) is 4.44. The molecule has 1 saturated heterocycles. The Hall–Kier alpha value is -3.38. The molecular weight excluding hydrogens is 414 g/mol. The van der Waals surface area contributed by atoms with E-state index in [0.29, 0.717) is 29.9 Å². The molecule has 2 heterocycles. The molecule has 3 aromatic carbocycles. The van der Waals surface area contributed by atoms with Crippen molar-refractivity contribution >= 4 is 28.3 Å². The molecule has 6 nitrogen and oxygen atoms in total. The number of carbonyl (C=O) groups excluding carboxylic acids is 2. The molecule has 5 rings (SSSR count). The first-order chi connectivity index (χ1) is 16.2. The van der Waals surface area contributed by atoms with Gasteiger partial charge in [-0.3, -0.25) is 9.59 Å². The van der Waals surface area contributed by atoms with Crippen LogP contribution in [0.2, 0.25) is 0 Å². The van der Waals surface area contributed by atoms with Crippen molar-refractivity contribution in [3.8, 4) is 5.75 Å². The van der Waals surface area contributed by atoms with Gasteiger partial charge in [0.15, 0.2) is 0 Å². The first-order valence-electron chi connectivity index (χ1n) is 11.7. The van der Waals surface area contributed by atoms with E-state index in [0.717, 1.165) is 41.7 Å². The Morgan fingerprint density at radius 3 is 2.52 bits per heavy atom. The van der Waals surface area contributed by atoms with Crippen LogP contribution in [0.1, 0.15) is 45.5 Å². The predicted octanol–water partition coefficient (Wildman–Crippen LogP) is 4.54. The quantitative estimate of drug-likeness (QED) is 0.608. The number of amides is 2. The van der Waals surface area contributed by atoms with E-state index in [2.05, 4.69) is 10.2 Å². The fourth-order valence-electron chi connectivity index (χ4n) is 4.99. The number of nitrogens with one attached hydrogen (secondary N) is 1. The molecule has 170 valence electrons. The van der Waals surface area contributed by atoms with Crippen LogP contribution >= 0.6 is 0 Å². The van der Waals surface area contributed by atoms with Crippen molar-refractivity contribution in [2.24, 2.45) is 0 Å². The highest BCUT2D eigenvalue weighted by atomic mass is 16.5. The van der Waals surface area contributed by atoms with Gasteiger partial charge in [0.25, 0.3) is 11.8 Å². The number of rotatable bonds is 6. The Labute approximate surface area is 194 Å². The fraction of sp³-hybridized carbons (Fsp3) is 0.333. The average Bonchev–Trinajstić information content (AvgIpc) is 3.19. The summed E-state index contributed by atoms with van der Waals surface area (Å²) in [6, 6.07) is 17.0. The third-order valence-corrected chi connectivity index (χ3v) is 6.74. The van der Waals surface area contributed by atoms with E-state index in [9.17, 15) is 9.59 Å². The summed E-state index contributed by atoms with van der Waals surface area (Å²) in [7, 11) is 1.62. The van der Waals surface area contributed by atoms with Gasteiger partial charge in [-0.15, -0.1) is 0 Å². The number of anilines is 1. The maximum Gasteiger partial charge on any atom is 0.256 e. The summed E-state index contributed by atoms with van der Waals surface area (Å²) in [6.07, 6.45) is 3.78. The second-order valence-electron chi connectivity index (χ2n) is 8.78. The van der Waals surface area contributed by atoms with E-state index in [1.54, 1.807) is 19.2 Å². The number of ether oxygens (including phenoxy) is 1. The van der Waals surface area contributed by atoms with Crippen LogP contribution in [0.25, 0.3) is 10.8 Å². The SMILES string of the molecule is COc1ccc(C(=O)Nc2cccc3c2C(=O)N(CCN2CCCCC2)C3)c2ccccc12. The van der Waals surface area contributed by atoms with Gasteiger partial charge >= 0.3 is 0 Å². The Morgan fingerprint density at radius 1 is 0.939 bits per heavy atom. The van der Waals surface area contributed by atoms with Crippen molar-refractivity contribution in [2.75, 3.05) is 38.6 Å². The molecule has 2 aliphatic rings. The first-order valence-corrected chi connectivity index (χ1v) is 11.7. The Kier molecular flexibility index (Phi) is 6.01. The molecule has 1 fully saturated rings. The fourth-order valence-corrected chi connectivity index (χ4v) is 4.99. The van der Waals surface area contributed by atoms with Crippen molar-refractivity contribution in [3.05, 3.63) is 71.3 Å². The number of nitrogens with zero attached hydrogens (tertiary/aromatic N) is 2. The van der Waals surface area contributed by atoms with Crippen molar-refractivity contribution in [1.29, 1.82) is 0 Å². The number of likely N-dealkylation sites (tertiary alicyclic amines) is 1. The van der Waals surface area contributed by atoms with Gasteiger partial charge in [0.2, 0.25) is 0 Å². The molecule has 3 aromatic rings. The van der Waals surface area contributed by atoms with Crippen LogP contribution in [-0.2, 0) is 6.54 Å². The molecule has 0 atom stereocenters. The van der Waals surface area contributed by atoms with Crippen LogP contribution in [0.4, 0.5) is 5.69 Å². The van der Waals surface area contributed by atoms with Gasteiger partial charge in [-0.1, -0.05) is 42.8 Å². The lowest BCUT2D eigenvalue weighted by Gasteiger charge is -2.28. The Morgan fingerprint density at radius 2 is 1.73 bits per heavy atom. The number of benzene rings is 3. The van der Waals surface area contributed by atoms with E-state index in [1.807, 2.05) is 47.4 Å². The minimum atomic E-state index is -0.234. The molecule has 0 unspecified atom stereocenters. The molecule has 0 saturated carbocycles. The molecule has 6 heteroatoms. The largest absolute Gasteiger partial charge is 0.496 e. The topological polar surface area (TPSA) is 61.9 Å². The molecule has 2 aliphatic heterocycles. The number of hydrogen-bond donors (Lipinski definition) is 1. The van der Waals surface area contributed by atoms with Crippen molar-refractivity contribution in [3.63, 3.8) is 0 Å². The van der Waals surface area contributed by atoms with E-state index in [4.69, 9.17) is 4.74 Å². The summed E-state index contributed by atoms with van der Waals surface area (Å²) < 4.78 is 5.45. The zero-order valence-electron chi connectivity index (χ0n) is 19.0. The molecule has 1 N–H and O–H groups in total. The average molecular weight is 444 g/mol. The Bertz CT molecular complexity index is 1200. The molecule has 0 bridgehead atoms. The zero-order chi connectivity index (χ0) is 22.8. The van der Waals surface area contributed by atoms with Gasteiger partial charge in [-0.05, 0) is 55.1 Å². The molecule has 0 radical (unpaired) electrons. The second-order valence-corrected chi connectivity index (χ2v) is 8.78. The highest BCUT2D eigenvalue weighted by Crippen LogP contribution is 2.32. The summed E-state index contributed by atoms with van der Waals surface area (Å²) in [5, 5.41) is 4.70. The van der Waals surface area contributed by atoms with E-state index < -0.39 is 0 Å². The minimum absolute atomic E-state index is 0.00232. The molecule has 2 amide bonds. The van der Waals surface area contributed by atoms with Crippen LogP contribution in [-0.4, -0.2) is 54.9 Å². The summed E-state index contributed by atoms with van der Waals surface area (Å²) in [5.41, 5.74) is 2.71. The summed E-state index contributed by atoms with van der Waals surface area (Å²) in [5.74, 6) is 0.488. The molecular formula is C27H29N3O3. The van der Waals surface area contributed by atoms with Gasteiger partial charge in [0.1, 0.15) is 5.75 Å². The molecule has 0 spiro atoms. The van der Waals surface area contributed by atoms with E-state index in [1.165, 1.54) is 19.3 Å². The number of piperidine rings is 1. The lowest BCUT2D eigenvalue weighted by molar-refractivity contribution is 0.0753. The van der Waals surface area contributed by atoms with Crippen LogP contribution in [0.15, 0.2) is 54.6 Å². The molecule has 33 heavy (non-hydrogen) atoms. The maximum atomic E-state index is 13.3. The molecule has 0 aliphatic carbocycles. The standard InChI is InChI=1S/C27H29N3O3/c1-33-24-13-12-22(20-9-3-4-10-21(20)24)26(31)28-23-11-7-8-19-18-30(27(32)25(19)23)17-16-29-14-5-2-6-15-29/h3-4,7-13H,2,5-6,14-18H2,1H3,(H,28,31). The van der Waals surface area contributed by atoms with Gasteiger partial charge < -0.3 is 19.9 Å². The molecule has 0 aromatic heterocycles. The van der Waals surface area contributed by atoms with Crippen LogP contribution in [0.3, 0.4) is 0 Å². The normalized spacial score (nSPS) is 16.2. The highest BCUT2D eigenvalue weighted by molar-refractivity contribution is 6.16. The van der Waals surface area contributed by atoms with E-state index >= 15 is 0 Å². The van der Waals surface area contributed by atoms with E-state index in [-0.39, 0.29) is 11.8 Å².